The first kappa shape index (κ1) is 11.7. The van der Waals surface area contributed by atoms with Gasteiger partial charge in [0.05, 0.1) is 0 Å². The average Bonchev–Trinajstić information content (AvgIpc) is 2.48. The number of hydrogen-bond acceptors (Lipinski definition) is 1. The summed E-state index contributed by atoms with van der Waals surface area (Å²) >= 11 is 0. The van der Waals surface area contributed by atoms with E-state index in [2.05, 4.69) is 60.1 Å². The predicted molar refractivity (Wildman–Crippen MR) is 82.7 cm³/mol. The Kier molecular flexibility index (Phi) is 3.12. The Morgan fingerprint density at radius 2 is 1.68 bits per heavy atom. The summed E-state index contributed by atoms with van der Waals surface area (Å²) < 4.78 is 0. The van der Waals surface area contributed by atoms with Gasteiger partial charge in [-0.25, -0.2) is 0 Å². The lowest BCUT2D eigenvalue weighted by molar-refractivity contribution is 1.21. The maximum absolute atomic E-state index is 3.35. The number of para-hydroxylation sites is 1. The molecule has 0 unspecified atom stereocenters. The molecule has 2 aromatic rings. The molecule has 0 aliphatic carbocycles. The summed E-state index contributed by atoms with van der Waals surface area (Å²) in [7, 11) is 2.07. The number of fused-ring (bicyclic) bond motifs is 1. The molecular formula is C17H14BN. The molecule has 1 aliphatic rings. The zero-order valence-electron chi connectivity index (χ0n) is 10.9. The summed E-state index contributed by atoms with van der Waals surface area (Å²) in [6.07, 6.45) is 2.09. The van der Waals surface area contributed by atoms with Crippen LogP contribution in [0.1, 0.15) is 5.56 Å². The summed E-state index contributed by atoms with van der Waals surface area (Å²) in [6, 6.07) is 18.5. The third kappa shape index (κ3) is 2.41. The van der Waals surface area contributed by atoms with Gasteiger partial charge in [0, 0.05) is 18.3 Å². The van der Waals surface area contributed by atoms with Crippen LogP contribution in [0.4, 0.5) is 5.69 Å². The van der Waals surface area contributed by atoms with Gasteiger partial charge in [0.25, 0.3) is 6.71 Å². The number of rotatable bonds is 0. The standard InChI is InChI=1S/C17H14BN/c1-19-14-13-18(16-9-5-6-10-17(16)19)12-11-15-7-3-2-4-8-15/h2-10,13-14H,1H3. The van der Waals surface area contributed by atoms with Crippen molar-refractivity contribution in [3.05, 3.63) is 72.3 Å². The molecule has 0 aromatic heterocycles. The SMILES string of the molecule is CN1C=CB(C#Cc2ccccc2)c2ccccc21. The molecule has 0 spiro atoms. The lowest BCUT2D eigenvalue weighted by Gasteiger charge is -2.23. The number of nitrogens with zero attached hydrogens (tertiary/aromatic N) is 1. The molecule has 0 saturated heterocycles. The van der Waals surface area contributed by atoms with Gasteiger partial charge in [-0.2, -0.15) is 0 Å². The van der Waals surface area contributed by atoms with Crippen LogP contribution in [0.3, 0.4) is 0 Å². The smallest absolute Gasteiger partial charge is 0.292 e. The summed E-state index contributed by atoms with van der Waals surface area (Å²) in [5.41, 5.74) is 3.57. The Labute approximate surface area is 114 Å². The predicted octanol–water partition coefficient (Wildman–Crippen LogP) is 2.48. The average molecular weight is 243 g/mol. The highest BCUT2D eigenvalue weighted by molar-refractivity contribution is 6.86. The third-order valence-corrected chi connectivity index (χ3v) is 3.30. The molecule has 90 valence electrons. The van der Waals surface area contributed by atoms with E-state index in [4.69, 9.17) is 0 Å². The second-order valence-corrected chi connectivity index (χ2v) is 4.62. The molecule has 3 rings (SSSR count). The van der Waals surface area contributed by atoms with E-state index in [-0.39, 0.29) is 6.71 Å². The van der Waals surface area contributed by atoms with Crippen LogP contribution in [0.2, 0.25) is 0 Å². The molecule has 1 heterocycles. The lowest BCUT2D eigenvalue weighted by Crippen LogP contribution is -2.36. The van der Waals surface area contributed by atoms with Gasteiger partial charge in [0.15, 0.2) is 0 Å². The molecule has 0 fully saturated rings. The Balaban J connectivity index is 1.95. The Morgan fingerprint density at radius 1 is 0.947 bits per heavy atom. The van der Waals surface area contributed by atoms with E-state index in [1.54, 1.807) is 0 Å². The van der Waals surface area contributed by atoms with Gasteiger partial charge in [0.1, 0.15) is 0 Å². The van der Waals surface area contributed by atoms with E-state index in [1.165, 1.54) is 11.2 Å². The molecule has 2 aromatic carbocycles. The van der Waals surface area contributed by atoms with Crippen molar-refractivity contribution in [3.63, 3.8) is 0 Å². The molecule has 2 heteroatoms. The Hall–Kier alpha value is -2.40. The van der Waals surface area contributed by atoms with E-state index < -0.39 is 0 Å². The van der Waals surface area contributed by atoms with Crippen LogP contribution >= 0.6 is 0 Å². The van der Waals surface area contributed by atoms with Crippen molar-refractivity contribution in [3.8, 4) is 11.7 Å². The van der Waals surface area contributed by atoms with Crippen molar-refractivity contribution >= 4 is 17.9 Å². The minimum atomic E-state index is 0.174. The molecule has 0 saturated carbocycles. The Morgan fingerprint density at radius 3 is 2.53 bits per heavy atom. The van der Waals surface area contributed by atoms with Crippen LogP contribution in [0.15, 0.2) is 66.8 Å². The highest BCUT2D eigenvalue weighted by Crippen LogP contribution is 2.15. The van der Waals surface area contributed by atoms with Crippen LogP contribution in [0, 0.1) is 11.7 Å². The fraction of sp³-hybridized carbons (Fsp3) is 0.0588. The minimum absolute atomic E-state index is 0.174. The van der Waals surface area contributed by atoms with Crippen molar-refractivity contribution < 1.29 is 0 Å². The van der Waals surface area contributed by atoms with Crippen LogP contribution in [0.25, 0.3) is 0 Å². The van der Waals surface area contributed by atoms with Crippen LogP contribution in [0.5, 0.6) is 0 Å². The third-order valence-electron chi connectivity index (χ3n) is 3.30. The molecule has 0 amide bonds. The Bertz CT molecular complexity index is 664. The van der Waals surface area contributed by atoms with E-state index in [9.17, 15) is 0 Å². The second-order valence-electron chi connectivity index (χ2n) is 4.62. The normalized spacial score (nSPS) is 12.7. The largest absolute Gasteiger partial charge is 0.353 e. The van der Waals surface area contributed by atoms with Gasteiger partial charge >= 0.3 is 0 Å². The van der Waals surface area contributed by atoms with Crippen molar-refractivity contribution in [2.75, 3.05) is 11.9 Å². The van der Waals surface area contributed by atoms with E-state index in [1.807, 2.05) is 30.3 Å². The van der Waals surface area contributed by atoms with Crippen molar-refractivity contribution in [2.24, 2.45) is 0 Å². The molecule has 0 N–H and O–H groups in total. The van der Waals surface area contributed by atoms with E-state index in [0.29, 0.717) is 0 Å². The van der Waals surface area contributed by atoms with Crippen molar-refractivity contribution in [2.45, 2.75) is 0 Å². The van der Waals surface area contributed by atoms with Gasteiger partial charge in [-0.05, 0) is 29.9 Å². The van der Waals surface area contributed by atoms with E-state index in [0.717, 1.165) is 5.56 Å². The van der Waals surface area contributed by atoms with Crippen molar-refractivity contribution in [1.82, 2.24) is 0 Å². The fourth-order valence-corrected chi connectivity index (χ4v) is 2.28. The first-order valence-corrected chi connectivity index (χ1v) is 6.41. The lowest BCUT2D eigenvalue weighted by atomic mass is 9.44. The van der Waals surface area contributed by atoms with Gasteiger partial charge < -0.3 is 4.90 Å². The summed E-state index contributed by atoms with van der Waals surface area (Å²) in [5.74, 6) is 8.75. The number of anilines is 1. The van der Waals surface area contributed by atoms with Crippen LogP contribution < -0.4 is 10.4 Å². The maximum atomic E-state index is 3.35. The summed E-state index contributed by atoms with van der Waals surface area (Å²) in [6.45, 7) is 0.174. The molecule has 1 aliphatic heterocycles. The number of hydrogen-bond donors (Lipinski definition) is 0. The molecule has 1 nitrogen and oxygen atoms in total. The molecule has 0 atom stereocenters. The molecule has 0 bridgehead atoms. The molecular weight excluding hydrogens is 229 g/mol. The van der Waals surface area contributed by atoms with Gasteiger partial charge in [-0.3, -0.25) is 0 Å². The van der Waals surface area contributed by atoms with Crippen molar-refractivity contribution in [1.29, 1.82) is 0 Å². The van der Waals surface area contributed by atoms with E-state index >= 15 is 0 Å². The second kappa shape index (κ2) is 5.08. The fourth-order valence-electron chi connectivity index (χ4n) is 2.28. The molecule has 19 heavy (non-hydrogen) atoms. The highest BCUT2D eigenvalue weighted by Gasteiger charge is 2.20. The maximum Gasteiger partial charge on any atom is 0.292 e. The minimum Gasteiger partial charge on any atom is -0.353 e. The zero-order valence-corrected chi connectivity index (χ0v) is 10.9. The van der Waals surface area contributed by atoms with Crippen LogP contribution in [-0.2, 0) is 0 Å². The molecule has 0 radical (unpaired) electrons. The topological polar surface area (TPSA) is 3.24 Å². The summed E-state index contributed by atoms with van der Waals surface area (Å²) in [5, 5.41) is 0. The van der Waals surface area contributed by atoms with Crippen LogP contribution in [-0.4, -0.2) is 13.8 Å². The summed E-state index contributed by atoms with van der Waals surface area (Å²) in [4.78, 5) is 2.13. The van der Waals surface area contributed by atoms with Gasteiger partial charge in [-0.1, -0.05) is 48.3 Å². The zero-order chi connectivity index (χ0) is 13.1. The monoisotopic (exact) mass is 243 g/mol. The van der Waals surface area contributed by atoms with Gasteiger partial charge in [0.2, 0.25) is 0 Å². The highest BCUT2D eigenvalue weighted by atomic mass is 15.1. The first-order valence-electron chi connectivity index (χ1n) is 6.41. The number of benzene rings is 2. The first-order chi connectivity index (χ1) is 9.34. The quantitative estimate of drug-likeness (QED) is 0.507. The van der Waals surface area contributed by atoms with Gasteiger partial charge in [-0.15, -0.1) is 5.82 Å².